The van der Waals surface area contributed by atoms with Gasteiger partial charge in [0, 0.05) is 22.8 Å². The van der Waals surface area contributed by atoms with E-state index >= 15 is 0 Å². The number of nitrogens with one attached hydrogen (secondary N) is 1. The molecule has 1 heterocycles. The van der Waals surface area contributed by atoms with Crippen molar-refractivity contribution < 1.29 is 22.3 Å². The summed E-state index contributed by atoms with van der Waals surface area (Å²) in [5, 5.41) is 0.350. The van der Waals surface area contributed by atoms with E-state index in [1.807, 2.05) is 0 Å². The number of benzene rings is 2. The molecule has 2 aromatic carbocycles. The van der Waals surface area contributed by atoms with Gasteiger partial charge in [0.2, 0.25) is 10.0 Å². The second-order valence-corrected chi connectivity index (χ2v) is 8.03. The number of anilines is 1. The molecule has 0 aliphatic heterocycles. The van der Waals surface area contributed by atoms with Gasteiger partial charge in [0.1, 0.15) is 12.4 Å². The number of hydrogen-bond acceptors (Lipinski definition) is 5. The maximum absolute atomic E-state index is 13.9. The molecule has 0 amide bonds. The molecule has 0 spiro atoms. The van der Waals surface area contributed by atoms with Gasteiger partial charge in [-0.25, -0.2) is 17.6 Å². The molecule has 0 radical (unpaired) electrons. The van der Waals surface area contributed by atoms with Crippen molar-refractivity contribution in [2.75, 3.05) is 10.5 Å². The molecule has 0 saturated carbocycles. The van der Waals surface area contributed by atoms with Crippen LogP contribution in [0.3, 0.4) is 0 Å². The number of ether oxygens (including phenoxy) is 1. The van der Waals surface area contributed by atoms with Gasteiger partial charge >= 0.3 is 5.97 Å². The second kappa shape index (κ2) is 8.35. The summed E-state index contributed by atoms with van der Waals surface area (Å²) in [6, 6.07) is 12.1. The first kappa shape index (κ1) is 19.8. The van der Waals surface area contributed by atoms with Crippen LogP contribution in [0.1, 0.15) is 29.3 Å². The van der Waals surface area contributed by atoms with Crippen LogP contribution in [0, 0.1) is 5.82 Å². The molecule has 0 aliphatic carbocycles. The number of carbonyl (C=O) groups excluding carboxylic acids is 1. The Morgan fingerprint density at radius 3 is 2.79 bits per heavy atom. The smallest absolute Gasteiger partial charge is 0.338 e. The average Bonchev–Trinajstić information content (AvgIpc) is 2.67. The van der Waals surface area contributed by atoms with Crippen molar-refractivity contribution in [1.82, 2.24) is 4.98 Å². The molecule has 1 N–H and O–H groups in total. The van der Waals surface area contributed by atoms with Crippen molar-refractivity contribution >= 4 is 32.6 Å². The molecule has 1 aromatic heterocycles. The number of sulfonamides is 1. The van der Waals surface area contributed by atoms with Gasteiger partial charge in [0.15, 0.2) is 0 Å². The third kappa shape index (κ3) is 4.64. The fourth-order valence-corrected chi connectivity index (χ4v) is 3.87. The van der Waals surface area contributed by atoms with Gasteiger partial charge in [0.05, 0.1) is 16.8 Å². The lowest BCUT2D eigenvalue weighted by Gasteiger charge is -2.10. The summed E-state index contributed by atoms with van der Waals surface area (Å²) in [7, 11) is -3.46. The molecule has 0 saturated heterocycles. The number of carbonyl (C=O) groups is 1. The number of nitrogens with zero attached hydrogens (tertiary/aromatic N) is 1. The highest BCUT2D eigenvalue weighted by Gasteiger charge is 2.13. The van der Waals surface area contributed by atoms with E-state index in [0.29, 0.717) is 22.9 Å². The van der Waals surface area contributed by atoms with Crippen LogP contribution in [0.25, 0.3) is 10.9 Å². The molecule has 6 nitrogen and oxygen atoms in total. The highest BCUT2D eigenvalue weighted by atomic mass is 32.2. The summed E-state index contributed by atoms with van der Waals surface area (Å²) < 4.78 is 45.4. The maximum Gasteiger partial charge on any atom is 0.338 e. The van der Waals surface area contributed by atoms with Crippen molar-refractivity contribution in [1.29, 1.82) is 0 Å². The molecular formula is C20H19FN2O4S. The SMILES string of the molecule is CCCS(=O)(=O)Nc1cccc(C(=O)OCc2ccc(F)c3cccnc23)c1. The van der Waals surface area contributed by atoms with E-state index in [9.17, 15) is 17.6 Å². The quantitative estimate of drug-likeness (QED) is 0.606. The molecule has 0 bridgehead atoms. The number of rotatable bonds is 7. The number of esters is 1. The number of fused-ring (bicyclic) bond motifs is 1. The van der Waals surface area contributed by atoms with E-state index in [1.54, 1.807) is 37.4 Å². The molecule has 0 fully saturated rings. The van der Waals surface area contributed by atoms with Crippen LogP contribution < -0.4 is 4.72 Å². The summed E-state index contributed by atoms with van der Waals surface area (Å²) in [6.45, 7) is 1.68. The normalized spacial score (nSPS) is 11.4. The van der Waals surface area contributed by atoms with Gasteiger partial charge in [-0.05, 0) is 42.8 Å². The van der Waals surface area contributed by atoms with E-state index < -0.39 is 21.8 Å². The topological polar surface area (TPSA) is 85.4 Å². The number of pyridine rings is 1. The van der Waals surface area contributed by atoms with Crippen LogP contribution in [0.2, 0.25) is 0 Å². The zero-order chi connectivity index (χ0) is 20.1. The number of halogens is 1. The predicted molar refractivity (Wildman–Crippen MR) is 105 cm³/mol. The molecule has 28 heavy (non-hydrogen) atoms. The standard InChI is InChI=1S/C20H19FN2O4S/c1-2-11-28(25,26)23-16-6-3-5-14(12-16)20(24)27-13-15-8-9-18(21)17-7-4-10-22-19(15)17/h3-10,12,23H,2,11,13H2,1H3. The van der Waals surface area contributed by atoms with Gasteiger partial charge in [-0.1, -0.05) is 19.1 Å². The molecule has 8 heteroatoms. The van der Waals surface area contributed by atoms with E-state index in [4.69, 9.17) is 4.74 Å². The zero-order valence-corrected chi connectivity index (χ0v) is 16.0. The Hall–Kier alpha value is -3.00. The van der Waals surface area contributed by atoms with Crippen molar-refractivity contribution in [3.63, 3.8) is 0 Å². The highest BCUT2D eigenvalue weighted by molar-refractivity contribution is 7.92. The van der Waals surface area contributed by atoms with Crippen molar-refractivity contribution in [3.05, 3.63) is 71.7 Å². The first-order valence-corrected chi connectivity index (χ1v) is 10.3. The minimum Gasteiger partial charge on any atom is -0.457 e. The number of aromatic nitrogens is 1. The monoisotopic (exact) mass is 402 g/mol. The molecule has 3 aromatic rings. The Morgan fingerprint density at radius 2 is 2.00 bits per heavy atom. The summed E-state index contributed by atoms with van der Waals surface area (Å²) >= 11 is 0. The summed E-state index contributed by atoms with van der Waals surface area (Å²) in [4.78, 5) is 16.5. The van der Waals surface area contributed by atoms with Crippen LogP contribution >= 0.6 is 0 Å². The minimum atomic E-state index is -3.46. The predicted octanol–water partition coefficient (Wildman–Crippen LogP) is 3.88. The highest BCUT2D eigenvalue weighted by Crippen LogP contribution is 2.21. The van der Waals surface area contributed by atoms with Crippen LogP contribution in [0.4, 0.5) is 10.1 Å². The van der Waals surface area contributed by atoms with Crippen LogP contribution in [0.5, 0.6) is 0 Å². The average molecular weight is 402 g/mol. The van der Waals surface area contributed by atoms with Crippen molar-refractivity contribution in [2.24, 2.45) is 0 Å². The third-order valence-electron chi connectivity index (χ3n) is 4.00. The van der Waals surface area contributed by atoms with Crippen LogP contribution in [-0.4, -0.2) is 25.1 Å². The largest absolute Gasteiger partial charge is 0.457 e. The third-order valence-corrected chi connectivity index (χ3v) is 5.50. The second-order valence-electron chi connectivity index (χ2n) is 6.18. The Balaban J connectivity index is 1.74. The first-order chi connectivity index (χ1) is 13.4. The fourth-order valence-electron chi connectivity index (χ4n) is 2.75. The molecule has 0 aliphatic rings. The Morgan fingerprint density at radius 1 is 1.18 bits per heavy atom. The van der Waals surface area contributed by atoms with E-state index in [2.05, 4.69) is 9.71 Å². The minimum absolute atomic E-state index is 0.00762. The van der Waals surface area contributed by atoms with Crippen LogP contribution in [0.15, 0.2) is 54.7 Å². The molecule has 146 valence electrons. The van der Waals surface area contributed by atoms with E-state index in [-0.39, 0.29) is 23.6 Å². The van der Waals surface area contributed by atoms with Crippen molar-refractivity contribution in [3.8, 4) is 0 Å². The molecule has 0 atom stereocenters. The Bertz CT molecular complexity index is 1120. The summed E-state index contributed by atoms with van der Waals surface area (Å²) in [6.07, 6.45) is 2.02. The molecular weight excluding hydrogens is 383 g/mol. The fraction of sp³-hybridized carbons (Fsp3) is 0.200. The lowest BCUT2D eigenvalue weighted by atomic mass is 10.1. The molecule has 3 rings (SSSR count). The lowest BCUT2D eigenvalue weighted by molar-refractivity contribution is 0.0474. The van der Waals surface area contributed by atoms with E-state index in [1.165, 1.54) is 24.3 Å². The Kier molecular flexibility index (Phi) is 5.89. The number of hydrogen-bond donors (Lipinski definition) is 1. The first-order valence-electron chi connectivity index (χ1n) is 8.69. The Labute approximate surface area is 162 Å². The lowest BCUT2D eigenvalue weighted by Crippen LogP contribution is -2.16. The van der Waals surface area contributed by atoms with E-state index in [0.717, 1.165) is 0 Å². The zero-order valence-electron chi connectivity index (χ0n) is 15.2. The van der Waals surface area contributed by atoms with Crippen LogP contribution in [-0.2, 0) is 21.4 Å². The summed E-state index contributed by atoms with van der Waals surface area (Å²) in [5.41, 5.74) is 1.49. The van der Waals surface area contributed by atoms with Crippen molar-refractivity contribution in [2.45, 2.75) is 20.0 Å². The van der Waals surface area contributed by atoms with Gasteiger partial charge in [-0.2, -0.15) is 0 Å². The van der Waals surface area contributed by atoms with Gasteiger partial charge < -0.3 is 4.74 Å². The maximum atomic E-state index is 13.9. The van der Waals surface area contributed by atoms with Gasteiger partial charge in [0.25, 0.3) is 0 Å². The molecule has 0 unspecified atom stereocenters. The van der Waals surface area contributed by atoms with Gasteiger partial charge in [-0.15, -0.1) is 0 Å². The van der Waals surface area contributed by atoms with Gasteiger partial charge in [-0.3, -0.25) is 9.71 Å². The summed E-state index contributed by atoms with van der Waals surface area (Å²) in [5.74, 6) is -1.03.